The quantitative estimate of drug-likeness (QED) is 0.321. The van der Waals surface area contributed by atoms with Crippen molar-refractivity contribution < 1.29 is 32.6 Å². The lowest BCUT2D eigenvalue weighted by molar-refractivity contribution is -0.137. The van der Waals surface area contributed by atoms with Crippen molar-refractivity contribution in [3.8, 4) is 5.75 Å². The minimum absolute atomic E-state index is 0.0331. The number of hydrogen-bond donors (Lipinski definition) is 2. The van der Waals surface area contributed by atoms with Crippen LogP contribution in [0.1, 0.15) is 64.9 Å². The highest BCUT2D eigenvalue weighted by Gasteiger charge is 2.51. The number of aromatic hydroxyl groups is 1. The van der Waals surface area contributed by atoms with Gasteiger partial charge in [0.1, 0.15) is 12.3 Å². The van der Waals surface area contributed by atoms with Crippen LogP contribution < -0.4 is 10.9 Å². The number of fused-ring (bicyclic) bond motifs is 3. The number of benzene rings is 1. The first kappa shape index (κ1) is 32.5. The number of alkyl halides is 3. The monoisotopic (exact) mass is 677 g/mol. The Bertz CT molecular complexity index is 2080. The van der Waals surface area contributed by atoms with Crippen LogP contribution in [0.15, 0.2) is 47.4 Å². The maximum absolute atomic E-state index is 14.4. The molecule has 1 spiro atoms. The first-order chi connectivity index (χ1) is 23.4. The van der Waals surface area contributed by atoms with Crippen LogP contribution in [0.4, 0.5) is 18.9 Å². The van der Waals surface area contributed by atoms with Crippen molar-refractivity contribution in [2.75, 3.05) is 31.6 Å². The second kappa shape index (κ2) is 12.1. The number of aromatic nitrogens is 5. The zero-order valence-corrected chi connectivity index (χ0v) is 26.9. The lowest BCUT2D eigenvalue weighted by Crippen LogP contribution is -2.49. The molecule has 1 aliphatic carbocycles. The molecule has 3 aromatic heterocycles. The van der Waals surface area contributed by atoms with E-state index >= 15 is 0 Å². The molecule has 1 saturated heterocycles. The molecule has 15 heteroatoms. The van der Waals surface area contributed by atoms with Gasteiger partial charge in [-0.05, 0) is 80.0 Å². The van der Waals surface area contributed by atoms with Gasteiger partial charge < -0.3 is 24.6 Å². The Kier molecular flexibility index (Phi) is 8.04. The van der Waals surface area contributed by atoms with Crippen LogP contribution >= 0.6 is 0 Å². The second-order valence-electron chi connectivity index (χ2n) is 12.9. The first-order valence-corrected chi connectivity index (χ1v) is 16.1. The van der Waals surface area contributed by atoms with Gasteiger partial charge in [0.15, 0.2) is 11.5 Å². The lowest BCUT2D eigenvalue weighted by Gasteiger charge is -2.42. The molecule has 2 N–H and O–H groups in total. The van der Waals surface area contributed by atoms with Gasteiger partial charge in [0.05, 0.1) is 18.8 Å². The normalized spacial score (nSPS) is 18.8. The summed E-state index contributed by atoms with van der Waals surface area (Å²) in [6.07, 6.45) is 0.716. The summed E-state index contributed by atoms with van der Waals surface area (Å²) in [6, 6.07) is 6.08. The number of rotatable bonds is 5. The fraction of sp³-hybridized carbons (Fsp3) is 0.412. The van der Waals surface area contributed by atoms with Crippen LogP contribution in [-0.4, -0.2) is 72.3 Å². The Morgan fingerprint density at radius 3 is 2.63 bits per heavy atom. The van der Waals surface area contributed by atoms with Crippen LogP contribution in [0, 0.1) is 12.8 Å². The van der Waals surface area contributed by atoms with Crippen molar-refractivity contribution >= 4 is 28.9 Å². The number of anilines is 1. The topological polar surface area (TPSA) is 144 Å². The van der Waals surface area contributed by atoms with Crippen molar-refractivity contribution in [2.45, 2.75) is 57.7 Å². The van der Waals surface area contributed by atoms with E-state index < -0.39 is 29.0 Å². The van der Waals surface area contributed by atoms with Gasteiger partial charge in [0, 0.05) is 41.6 Å². The van der Waals surface area contributed by atoms with Gasteiger partial charge in [-0.2, -0.15) is 22.7 Å². The first-order valence-electron chi connectivity index (χ1n) is 16.1. The number of hydrogen-bond acceptors (Lipinski definition) is 8. The van der Waals surface area contributed by atoms with Gasteiger partial charge in [0.2, 0.25) is 11.7 Å². The number of ether oxygens (including phenoxy) is 1. The highest BCUT2D eigenvalue weighted by atomic mass is 19.4. The van der Waals surface area contributed by atoms with Crippen LogP contribution in [0.2, 0.25) is 0 Å². The van der Waals surface area contributed by atoms with E-state index in [0.29, 0.717) is 69.1 Å². The van der Waals surface area contributed by atoms with Crippen molar-refractivity contribution in [2.24, 2.45) is 5.92 Å². The fourth-order valence-corrected chi connectivity index (χ4v) is 7.45. The number of carbonyl (C=O) groups excluding carboxylic acids is 2. The van der Waals surface area contributed by atoms with E-state index in [4.69, 9.17) is 9.72 Å². The zero-order valence-electron chi connectivity index (χ0n) is 26.9. The maximum Gasteiger partial charge on any atom is 0.416 e. The predicted octanol–water partition coefficient (Wildman–Crippen LogP) is 4.13. The number of piperidine rings is 1. The molecule has 1 fully saturated rings. The van der Waals surface area contributed by atoms with Gasteiger partial charge in [-0.25, -0.2) is 4.98 Å². The number of pyridine rings is 1. The highest BCUT2D eigenvalue weighted by molar-refractivity contribution is 5.95. The molecule has 49 heavy (non-hydrogen) atoms. The van der Waals surface area contributed by atoms with E-state index in [1.54, 1.807) is 15.5 Å². The summed E-state index contributed by atoms with van der Waals surface area (Å²) in [5.74, 6) is -0.597. The van der Waals surface area contributed by atoms with Gasteiger partial charge in [-0.15, -0.1) is 5.10 Å². The molecule has 7 rings (SSSR count). The Morgan fingerprint density at radius 1 is 1.18 bits per heavy atom. The summed E-state index contributed by atoms with van der Waals surface area (Å²) in [4.78, 5) is 51.7. The third-order valence-corrected chi connectivity index (χ3v) is 10.1. The SMILES string of the molecule is Cc1cc(C(F)(F)F)ccc1NC(=O)Cn1c2c(c(=O)n3nc(C4=CCOCC4)nc13)C1(CCN(C(=O)c3ncccc3O)CC1)C(C)C2. The second-order valence-corrected chi connectivity index (χ2v) is 12.9. The van der Waals surface area contributed by atoms with Crippen LogP contribution in [0.25, 0.3) is 11.4 Å². The molecule has 0 bridgehead atoms. The highest BCUT2D eigenvalue weighted by Crippen LogP contribution is 2.49. The summed E-state index contributed by atoms with van der Waals surface area (Å²) in [5.41, 5.74) is 0.666. The Labute approximate surface area is 278 Å². The summed E-state index contributed by atoms with van der Waals surface area (Å²) < 4.78 is 48.1. The van der Waals surface area contributed by atoms with Crippen molar-refractivity contribution in [3.63, 3.8) is 0 Å². The standard InChI is InChI=1S/C34H34F3N7O5/c1-19-16-22(34(35,36)37)5-6-23(19)39-26(46)18-43-24-17-20(2)33(9-12-42(13-10-33)31(48)28-25(45)4-3-11-38-28)27(24)30(47)44-32(43)40-29(41-44)21-7-14-49-15-8-21/h3-7,11,16,20,45H,8-10,12-15,17-18H2,1-2H3,(H,39,46). The lowest BCUT2D eigenvalue weighted by atomic mass is 9.69. The van der Waals surface area contributed by atoms with E-state index in [0.717, 1.165) is 17.7 Å². The average Bonchev–Trinajstić information content (AvgIpc) is 3.64. The number of nitrogens with zero attached hydrogens (tertiary/aromatic N) is 6. The molecule has 2 aliphatic heterocycles. The summed E-state index contributed by atoms with van der Waals surface area (Å²) in [6.45, 7) is 4.77. The number of nitrogens with one attached hydrogen (secondary N) is 1. The molecule has 12 nitrogen and oxygen atoms in total. The summed E-state index contributed by atoms with van der Waals surface area (Å²) >= 11 is 0. The Balaban J connectivity index is 1.26. The number of amides is 2. The number of likely N-dealkylation sites (tertiary alicyclic amines) is 1. The molecule has 0 radical (unpaired) electrons. The molecule has 1 aromatic carbocycles. The molecule has 4 aromatic rings. The molecule has 1 unspecified atom stereocenters. The van der Waals surface area contributed by atoms with Gasteiger partial charge >= 0.3 is 6.18 Å². The van der Waals surface area contributed by atoms with Crippen LogP contribution in [0.5, 0.6) is 5.75 Å². The van der Waals surface area contributed by atoms with Gasteiger partial charge in [0.25, 0.3) is 11.5 Å². The molecular weight excluding hydrogens is 643 g/mol. The third-order valence-electron chi connectivity index (χ3n) is 10.1. The van der Waals surface area contributed by atoms with E-state index in [2.05, 4.69) is 15.4 Å². The van der Waals surface area contributed by atoms with Crippen LogP contribution in [0.3, 0.4) is 0 Å². The molecule has 2 amide bonds. The van der Waals surface area contributed by atoms with E-state index in [1.165, 1.54) is 29.8 Å². The van der Waals surface area contributed by atoms with E-state index in [1.807, 2.05) is 13.0 Å². The van der Waals surface area contributed by atoms with Crippen LogP contribution in [-0.2, 0) is 34.1 Å². The molecule has 5 heterocycles. The van der Waals surface area contributed by atoms with Crippen molar-refractivity contribution in [1.82, 2.24) is 29.0 Å². The van der Waals surface area contributed by atoms with E-state index in [9.17, 15) is 32.7 Å². The molecule has 3 aliphatic rings. The maximum atomic E-state index is 14.4. The molecular formula is C34H34F3N7O5. The van der Waals surface area contributed by atoms with Crippen molar-refractivity contribution in [3.05, 3.63) is 86.9 Å². The predicted molar refractivity (Wildman–Crippen MR) is 171 cm³/mol. The van der Waals surface area contributed by atoms with E-state index in [-0.39, 0.29) is 46.5 Å². The number of aryl methyl sites for hydroxylation is 1. The Morgan fingerprint density at radius 2 is 1.96 bits per heavy atom. The molecule has 0 saturated carbocycles. The minimum Gasteiger partial charge on any atom is -0.505 e. The third kappa shape index (κ3) is 5.65. The van der Waals surface area contributed by atoms with Gasteiger partial charge in [-0.1, -0.05) is 13.0 Å². The average molecular weight is 678 g/mol. The number of halogens is 3. The fourth-order valence-electron chi connectivity index (χ4n) is 7.45. The van der Waals surface area contributed by atoms with Gasteiger partial charge in [-0.3, -0.25) is 14.4 Å². The molecule has 256 valence electrons. The minimum atomic E-state index is -4.52. The largest absolute Gasteiger partial charge is 0.505 e. The zero-order chi connectivity index (χ0) is 34.7. The smallest absolute Gasteiger partial charge is 0.416 e. The Hall–Kier alpha value is -5.05. The summed E-state index contributed by atoms with van der Waals surface area (Å²) in [5, 5.41) is 17.6. The summed E-state index contributed by atoms with van der Waals surface area (Å²) in [7, 11) is 0. The molecule has 1 atom stereocenters. The number of carbonyl (C=O) groups is 2. The van der Waals surface area contributed by atoms with Crippen molar-refractivity contribution in [1.29, 1.82) is 0 Å².